The van der Waals surface area contributed by atoms with Gasteiger partial charge in [0.1, 0.15) is 6.54 Å². The summed E-state index contributed by atoms with van der Waals surface area (Å²) in [5.41, 5.74) is 3.73. The molecular weight excluding hydrogens is 558 g/mol. The van der Waals surface area contributed by atoms with E-state index in [4.69, 9.17) is 0 Å². The molecule has 0 radical (unpaired) electrons. The number of hydrogen-bond donors (Lipinski definition) is 1. The van der Waals surface area contributed by atoms with Gasteiger partial charge in [0.25, 0.3) is 5.91 Å². The third kappa shape index (κ3) is 6.00. The van der Waals surface area contributed by atoms with E-state index in [1.807, 2.05) is 42.5 Å². The lowest BCUT2D eigenvalue weighted by Crippen LogP contribution is -3.00. The topological polar surface area (TPSA) is 49.4 Å². The Morgan fingerprint density at radius 2 is 1.61 bits per heavy atom. The fourth-order valence-electron chi connectivity index (χ4n) is 5.81. The first-order valence-corrected chi connectivity index (χ1v) is 14.2. The number of likely N-dealkylation sites (tertiary alicyclic amines) is 1. The molecule has 1 unspecified atom stereocenters. The maximum Gasteiger partial charge on any atom is 0.251 e. The molecule has 1 amide bonds. The summed E-state index contributed by atoms with van der Waals surface area (Å²) < 4.78 is 0.812. The molecule has 2 aliphatic rings. The van der Waals surface area contributed by atoms with Crippen LogP contribution < -0.4 is 27.2 Å². The quantitative estimate of drug-likeness (QED) is 0.305. The molecule has 0 aliphatic carbocycles. The number of nitrogens with one attached hydrogen (secondary N) is 1. The minimum atomic E-state index is -0.0300. The first-order chi connectivity index (χ1) is 18.0. The highest BCUT2D eigenvalue weighted by molar-refractivity contribution is 7.99. The van der Waals surface area contributed by atoms with Crippen LogP contribution in [0.2, 0.25) is 0 Å². The summed E-state index contributed by atoms with van der Waals surface area (Å²) in [6.45, 7) is 8.46. The lowest BCUT2D eigenvalue weighted by molar-refractivity contribution is -0.909. The summed E-state index contributed by atoms with van der Waals surface area (Å²) in [6, 6.07) is 24.4. The predicted octanol–water partition coefficient (Wildman–Crippen LogP) is 3.32. The van der Waals surface area contributed by atoms with E-state index in [1.165, 1.54) is 10.6 Å². The van der Waals surface area contributed by atoms with Gasteiger partial charge in [-0.05, 0) is 43.7 Å². The van der Waals surface area contributed by atoms with E-state index in [2.05, 4.69) is 54.4 Å². The van der Waals surface area contributed by atoms with Gasteiger partial charge in [0.05, 0.1) is 37.1 Å². The number of carbonyl (C=O) groups excluding carboxylic acids is 2. The molecule has 0 aromatic heterocycles. The number of anilines is 2. The third-order valence-electron chi connectivity index (χ3n) is 7.54. The van der Waals surface area contributed by atoms with Crippen molar-refractivity contribution in [1.82, 2.24) is 5.32 Å². The van der Waals surface area contributed by atoms with Gasteiger partial charge in [-0.1, -0.05) is 61.2 Å². The monoisotopic (exact) mass is 593 g/mol. The highest BCUT2D eigenvalue weighted by atomic mass is 79.9. The summed E-state index contributed by atoms with van der Waals surface area (Å²) in [6.07, 6.45) is 3.21. The van der Waals surface area contributed by atoms with Crippen molar-refractivity contribution in [1.29, 1.82) is 0 Å². The van der Waals surface area contributed by atoms with Crippen molar-refractivity contribution in [3.8, 4) is 0 Å². The highest BCUT2D eigenvalue weighted by Crippen LogP contribution is 2.49. The Morgan fingerprint density at radius 3 is 2.34 bits per heavy atom. The number of carbonyl (C=O) groups is 2. The third-order valence-corrected chi connectivity index (χ3v) is 8.67. The Hall–Kier alpha value is -2.61. The van der Waals surface area contributed by atoms with E-state index >= 15 is 0 Å². The molecule has 1 atom stereocenters. The van der Waals surface area contributed by atoms with Gasteiger partial charge in [0.15, 0.2) is 0 Å². The lowest BCUT2D eigenvalue weighted by Gasteiger charge is -2.42. The van der Waals surface area contributed by atoms with E-state index in [0.29, 0.717) is 18.7 Å². The lowest BCUT2D eigenvalue weighted by atomic mass is 10.1. The summed E-state index contributed by atoms with van der Waals surface area (Å²) in [5, 5.41) is 3.02. The molecule has 200 valence electrons. The maximum absolute atomic E-state index is 13.3. The van der Waals surface area contributed by atoms with Crippen LogP contribution in [0.25, 0.3) is 0 Å². The van der Waals surface area contributed by atoms with E-state index in [1.54, 1.807) is 11.8 Å². The molecule has 2 aliphatic heterocycles. The van der Waals surface area contributed by atoms with Crippen molar-refractivity contribution in [2.75, 3.05) is 37.6 Å². The standard InChI is InChI=1S/C31H35N3O2S.BrH/c1-3-17-32-31(36)25-15-16-30-27(20-25)33(26-13-7-8-14-29(26)37-30)23(2)21-34(18-9-10-19-34)22-28(35)24-11-5-4-6-12-24;/h4-8,11-16,20,23H,3,9-10,17-19,21-22H2,1-2H3;1H. The first kappa shape index (κ1) is 28.4. The Morgan fingerprint density at radius 1 is 0.921 bits per heavy atom. The van der Waals surface area contributed by atoms with Crippen LogP contribution in [-0.2, 0) is 0 Å². The molecule has 3 aromatic carbocycles. The van der Waals surface area contributed by atoms with Gasteiger partial charge < -0.3 is 31.7 Å². The number of para-hydroxylation sites is 1. The van der Waals surface area contributed by atoms with E-state index in [-0.39, 0.29) is 34.7 Å². The summed E-state index contributed by atoms with van der Waals surface area (Å²) in [4.78, 5) is 30.9. The molecular formula is C31H36BrN3O2S. The van der Waals surface area contributed by atoms with Crippen LogP contribution in [0.1, 0.15) is 53.8 Å². The van der Waals surface area contributed by atoms with Crippen LogP contribution >= 0.6 is 11.8 Å². The number of ketones is 1. The van der Waals surface area contributed by atoms with Crippen LogP contribution in [0, 0.1) is 0 Å². The number of nitrogens with zero attached hydrogens (tertiary/aromatic N) is 2. The number of fused-ring (bicyclic) bond motifs is 2. The molecule has 1 fully saturated rings. The van der Waals surface area contributed by atoms with Crippen LogP contribution in [0.15, 0.2) is 82.6 Å². The number of halogens is 1. The zero-order valence-corrected chi connectivity index (χ0v) is 24.6. The fraction of sp³-hybridized carbons (Fsp3) is 0.355. The molecule has 5 nitrogen and oxygen atoms in total. The molecule has 2 heterocycles. The number of benzene rings is 3. The highest BCUT2D eigenvalue weighted by Gasteiger charge is 2.39. The molecule has 7 heteroatoms. The van der Waals surface area contributed by atoms with Crippen LogP contribution in [-0.4, -0.2) is 54.9 Å². The van der Waals surface area contributed by atoms with Gasteiger partial charge in [-0.25, -0.2) is 0 Å². The Balaban J connectivity index is 0.00000336. The Bertz CT molecular complexity index is 1280. The number of rotatable bonds is 9. The molecule has 0 spiro atoms. The second-order valence-electron chi connectivity index (χ2n) is 10.4. The number of hydrogen-bond acceptors (Lipinski definition) is 4. The SMILES string of the molecule is CCCNC(=O)c1ccc2c(c1)N(C(C)C[N+]1(CC(=O)c3ccccc3)CCCC1)c1ccccc1S2.[Br-]. The van der Waals surface area contributed by atoms with Gasteiger partial charge in [0, 0.05) is 40.3 Å². The van der Waals surface area contributed by atoms with Crippen LogP contribution in [0.4, 0.5) is 11.4 Å². The van der Waals surface area contributed by atoms with Gasteiger partial charge in [-0.15, -0.1) is 0 Å². The zero-order chi connectivity index (χ0) is 25.8. The van der Waals surface area contributed by atoms with Gasteiger partial charge in [-0.2, -0.15) is 0 Å². The Kier molecular flexibility index (Phi) is 9.34. The van der Waals surface area contributed by atoms with Crippen molar-refractivity contribution in [2.45, 2.75) is 48.9 Å². The van der Waals surface area contributed by atoms with Crippen molar-refractivity contribution in [2.24, 2.45) is 0 Å². The minimum Gasteiger partial charge on any atom is -1.00 e. The van der Waals surface area contributed by atoms with Crippen molar-refractivity contribution in [3.63, 3.8) is 0 Å². The van der Waals surface area contributed by atoms with Crippen LogP contribution in [0.5, 0.6) is 0 Å². The van der Waals surface area contributed by atoms with Gasteiger partial charge in [0.2, 0.25) is 5.78 Å². The van der Waals surface area contributed by atoms with Gasteiger partial charge in [-0.3, -0.25) is 9.59 Å². The molecule has 1 saturated heterocycles. The summed E-state index contributed by atoms with van der Waals surface area (Å²) in [5.74, 6) is 0.192. The normalized spacial score (nSPS) is 16.1. The first-order valence-electron chi connectivity index (χ1n) is 13.4. The van der Waals surface area contributed by atoms with Crippen LogP contribution in [0.3, 0.4) is 0 Å². The largest absolute Gasteiger partial charge is 1.00 e. The van der Waals surface area contributed by atoms with E-state index in [0.717, 1.165) is 59.5 Å². The molecule has 3 aromatic rings. The van der Waals surface area contributed by atoms with Gasteiger partial charge >= 0.3 is 0 Å². The fourth-order valence-corrected chi connectivity index (χ4v) is 6.87. The second kappa shape index (κ2) is 12.5. The number of Topliss-reactive ketones (excluding diaryl/α,β-unsaturated/α-hetero) is 1. The zero-order valence-electron chi connectivity index (χ0n) is 22.2. The van der Waals surface area contributed by atoms with E-state index in [9.17, 15) is 9.59 Å². The maximum atomic E-state index is 13.3. The van der Waals surface area contributed by atoms with Crippen molar-refractivity contribution < 1.29 is 31.1 Å². The molecule has 0 saturated carbocycles. The molecule has 1 N–H and O–H groups in total. The smallest absolute Gasteiger partial charge is 0.251 e. The minimum absolute atomic E-state index is 0. The average Bonchev–Trinajstić information content (AvgIpc) is 3.37. The van der Waals surface area contributed by atoms with E-state index < -0.39 is 0 Å². The summed E-state index contributed by atoms with van der Waals surface area (Å²) in [7, 11) is 0. The van der Waals surface area contributed by atoms with Crippen molar-refractivity contribution >= 4 is 34.8 Å². The number of amides is 1. The number of quaternary nitrogens is 1. The molecule has 0 bridgehead atoms. The Labute approximate surface area is 241 Å². The average molecular weight is 595 g/mol. The summed E-state index contributed by atoms with van der Waals surface area (Å²) >= 11 is 1.76. The predicted molar refractivity (Wildman–Crippen MR) is 151 cm³/mol. The second-order valence-corrected chi connectivity index (χ2v) is 11.4. The van der Waals surface area contributed by atoms with Crippen molar-refractivity contribution in [3.05, 3.63) is 83.9 Å². The molecule has 5 rings (SSSR count). The molecule has 38 heavy (non-hydrogen) atoms.